The minimum absolute atomic E-state index is 0.106. The van der Waals surface area contributed by atoms with Crippen LogP contribution in [0, 0.1) is 5.92 Å². The van der Waals surface area contributed by atoms with E-state index in [0.29, 0.717) is 18.1 Å². The van der Waals surface area contributed by atoms with Gasteiger partial charge in [-0.15, -0.1) is 5.06 Å². The molecule has 4 rings (SSSR count). The molecule has 1 fully saturated rings. The van der Waals surface area contributed by atoms with Crippen LogP contribution in [0.15, 0.2) is 48.5 Å². The van der Waals surface area contributed by atoms with E-state index in [-0.39, 0.29) is 24.0 Å². The largest absolute Gasteiger partial charge is 0.528 e. The predicted molar refractivity (Wildman–Crippen MR) is 145 cm³/mol. The lowest BCUT2D eigenvalue weighted by atomic mass is 9.77. The molecule has 7 nitrogen and oxygen atoms in total. The Hall–Kier alpha value is -2.61. The van der Waals surface area contributed by atoms with Crippen molar-refractivity contribution in [2.24, 2.45) is 5.92 Å². The molecule has 1 aliphatic heterocycles. The number of benzene rings is 2. The number of H-pyrrole nitrogens is 1. The van der Waals surface area contributed by atoms with Crippen molar-refractivity contribution in [2.45, 2.75) is 77.6 Å². The summed E-state index contributed by atoms with van der Waals surface area (Å²) in [6, 6.07) is 16.0. The average Bonchev–Trinajstić information content (AvgIpc) is 3.26. The summed E-state index contributed by atoms with van der Waals surface area (Å²) in [7, 11) is 0. The first kappa shape index (κ1) is 27.4. The van der Waals surface area contributed by atoms with E-state index in [9.17, 15) is 4.79 Å². The summed E-state index contributed by atoms with van der Waals surface area (Å²) in [4.78, 5) is 26.5. The molecule has 0 bridgehead atoms. The molecule has 0 spiro atoms. The molecule has 0 aliphatic carbocycles. The highest BCUT2D eigenvalue weighted by Gasteiger charge is 2.41. The molecule has 1 saturated heterocycles. The number of rotatable bonds is 8. The number of nitrogens with one attached hydrogen (secondary N) is 1. The Bertz CT molecular complexity index is 1140. The maximum atomic E-state index is 12.5. The van der Waals surface area contributed by atoms with Gasteiger partial charge in [0.1, 0.15) is 17.5 Å². The number of imidazole rings is 1. The van der Waals surface area contributed by atoms with Gasteiger partial charge >= 0.3 is 6.16 Å². The number of aromatic amines is 1. The Morgan fingerprint density at radius 3 is 2.51 bits per heavy atom. The predicted octanol–water partition coefficient (Wildman–Crippen LogP) is 7.44. The third kappa shape index (κ3) is 7.03. The van der Waals surface area contributed by atoms with E-state index in [2.05, 4.69) is 31.0 Å². The Morgan fingerprint density at radius 2 is 1.86 bits per heavy atom. The summed E-state index contributed by atoms with van der Waals surface area (Å²) in [5, 5.41) is 2.41. The third-order valence-corrected chi connectivity index (χ3v) is 6.91. The molecule has 1 N–H and O–H groups in total. The normalized spacial score (nSPS) is 21.6. The van der Waals surface area contributed by atoms with Crippen molar-refractivity contribution in [3.8, 4) is 0 Å². The number of carbonyl (C=O) groups excluding carboxylic acids is 1. The second-order valence-electron chi connectivity index (χ2n) is 10.7. The number of carbonyl (C=O) groups is 1. The topological polar surface area (TPSA) is 76.7 Å². The smallest absolute Gasteiger partial charge is 0.427 e. The van der Waals surface area contributed by atoms with Crippen LogP contribution in [0.1, 0.15) is 77.3 Å². The van der Waals surface area contributed by atoms with E-state index >= 15 is 0 Å². The minimum Gasteiger partial charge on any atom is -0.427 e. The molecule has 3 aromatic rings. The zero-order valence-corrected chi connectivity index (χ0v) is 23.1. The fourth-order valence-electron chi connectivity index (χ4n) is 5.15. The number of hydrogen-bond donors (Lipinski definition) is 1. The molecule has 1 aliphatic rings. The zero-order valence-electron chi connectivity index (χ0n) is 22.4. The number of hydroxylamine groups is 2. The first-order valence-corrected chi connectivity index (χ1v) is 13.6. The molecule has 4 atom stereocenters. The van der Waals surface area contributed by atoms with Crippen molar-refractivity contribution in [3.05, 3.63) is 64.9 Å². The summed E-state index contributed by atoms with van der Waals surface area (Å²) in [6.07, 6.45) is 1.53. The van der Waals surface area contributed by atoms with Crippen LogP contribution in [0.25, 0.3) is 11.0 Å². The molecule has 0 saturated carbocycles. The van der Waals surface area contributed by atoms with Gasteiger partial charge in [0.2, 0.25) is 0 Å². The number of hydrogen-bond acceptors (Lipinski definition) is 6. The van der Waals surface area contributed by atoms with Crippen LogP contribution in [0.3, 0.4) is 0 Å². The minimum atomic E-state index is -0.698. The molecule has 0 amide bonds. The Morgan fingerprint density at radius 1 is 1.14 bits per heavy atom. The van der Waals surface area contributed by atoms with Crippen LogP contribution in [0.2, 0.25) is 5.02 Å². The standard InChI is InChI=1S/C29H38ClN3O4/c1-6-10-20-17-33(37-28(34)36-29(3,4)5)18-25(26(20)19-13-15-21(30)16-14-19)35-24(7-2)27-31-22-11-8-9-12-23(22)32-27/h8-9,11-16,20,24-26H,6-7,10,17-18H2,1-5H3,(H,31,32). The van der Waals surface area contributed by atoms with Gasteiger partial charge in [-0.1, -0.05) is 56.1 Å². The van der Waals surface area contributed by atoms with Crippen molar-refractivity contribution >= 4 is 28.8 Å². The summed E-state index contributed by atoms with van der Waals surface area (Å²) in [6.45, 7) is 10.8. The van der Waals surface area contributed by atoms with Gasteiger partial charge in [-0.2, -0.15) is 0 Å². The van der Waals surface area contributed by atoms with E-state index in [1.807, 2.05) is 57.2 Å². The molecular formula is C29H38ClN3O4. The number of nitrogens with zero attached hydrogens (tertiary/aromatic N) is 2. The highest BCUT2D eigenvalue weighted by Crippen LogP contribution is 2.40. The van der Waals surface area contributed by atoms with E-state index in [1.165, 1.54) is 5.56 Å². The maximum absolute atomic E-state index is 12.5. The molecular weight excluding hydrogens is 490 g/mol. The molecule has 2 aromatic carbocycles. The highest BCUT2D eigenvalue weighted by molar-refractivity contribution is 6.30. The number of halogens is 1. The van der Waals surface area contributed by atoms with Crippen molar-refractivity contribution in [2.75, 3.05) is 13.1 Å². The van der Waals surface area contributed by atoms with Crippen LogP contribution in [-0.4, -0.2) is 46.0 Å². The van der Waals surface area contributed by atoms with E-state index < -0.39 is 11.8 Å². The van der Waals surface area contributed by atoms with Crippen LogP contribution >= 0.6 is 11.6 Å². The molecule has 200 valence electrons. The first-order valence-electron chi connectivity index (χ1n) is 13.2. The van der Waals surface area contributed by atoms with Crippen LogP contribution in [0.5, 0.6) is 0 Å². The quantitative estimate of drug-likeness (QED) is 0.307. The molecule has 8 heteroatoms. The van der Waals surface area contributed by atoms with Gasteiger partial charge in [-0.05, 0) is 69.4 Å². The van der Waals surface area contributed by atoms with E-state index in [4.69, 9.17) is 30.9 Å². The molecule has 37 heavy (non-hydrogen) atoms. The number of fused-ring (bicyclic) bond motifs is 1. The van der Waals surface area contributed by atoms with Crippen molar-refractivity contribution in [1.29, 1.82) is 0 Å². The summed E-state index contributed by atoms with van der Waals surface area (Å²) in [5.74, 6) is 1.12. The van der Waals surface area contributed by atoms with E-state index in [0.717, 1.165) is 36.1 Å². The number of ether oxygens (including phenoxy) is 2. The maximum Gasteiger partial charge on any atom is 0.528 e. The second-order valence-corrected chi connectivity index (χ2v) is 11.2. The van der Waals surface area contributed by atoms with E-state index in [1.54, 1.807) is 5.06 Å². The Labute approximate surface area is 224 Å². The molecule has 2 heterocycles. The molecule has 1 aromatic heterocycles. The lowest BCUT2D eigenvalue weighted by Crippen LogP contribution is -2.50. The van der Waals surface area contributed by atoms with Gasteiger partial charge < -0.3 is 19.3 Å². The molecule has 0 radical (unpaired) electrons. The van der Waals surface area contributed by atoms with Gasteiger partial charge in [-0.3, -0.25) is 0 Å². The zero-order chi connectivity index (χ0) is 26.6. The van der Waals surface area contributed by atoms with Gasteiger partial charge in [0, 0.05) is 17.5 Å². The number of aromatic nitrogens is 2. The highest BCUT2D eigenvalue weighted by atomic mass is 35.5. The fourth-order valence-corrected chi connectivity index (χ4v) is 5.27. The second kappa shape index (κ2) is 11.8. The first-order chi connectivity index (χ1) is 17.7. The van der Waals surface area contributed by atoms with Gasteiger partial charge in [0.25, 0.3) is 0 Å². The van der Waals surface area contributed by atoms with Gasteiger partial charge in [-0.25, -0.2) is 9.78 Å². The Balaban J connectivity index is 1.64. The van der Waals surface area contributed by atoms with Crippen LogP contribution in [0.4, 0.5) is 4.79 Å². The average molecular weight is 528 g/mol. The van der Waals surface area contributed by atoms with Gasteiger partial charge in [0.05, 0.1) is 23.7 Å². The van der Waals surface area contributed by atoms with Crippen molar-refractivity contribution in [3.63, 3.8) is 0 Å². The number of para-hydroxylation sites is 2. The molecule has 4 unspecified atom stereocenters. The lowest BCUT2D eigenvalue weighted by molar-refractivity contribution is -0.198. The monoisotopic (exact) mass is 527 g/mol. The van der Waals surface area contributed by atoms with Crippen molar-refractivity contribution < 1.29 is 19.1 Å². The van der Waals surface area contributed by atoms with Gasteiger partial charge in [0.15, 0.2) is 0 Å². The summed E-state index contributed by atoms with van der Waals surface area (Å²) >= 11 is 6.22. The summed E-state index contributed by atoms with van der Waals surface area (Å²) < 4.78 is 12.3. The Kier molecular flexibility index (Phi) is 8.78. The van der Waals surface area contributed by atoms with Crippen LogP contribution < -0.4 is 0 Å². The number of piperidine rings is 1. The van der Waals surface area contributed by atoms with Crippen LogP contribution in [-0.2, 0) is 14.3 Å². The third-order valence-electron chi connectivity index (χ3n) is 6.66. The lowest BCUT2D eigenvalue weighted by Gasteiger charge is -2.43. The SMILES string of the molecule is CCCC1CN(OC(=O)OC(C)(C)C)CC(OC(CC)c2nc3ccccc3[nH]2)C1c1ccc(Cl)cc1. The van der Waals surface area contributed by atoms with Crippen molar-refractivity contribution in [1.82, 2.24) is 15.0 Å². The summed E-state index contributed by atoms with van der Waals surface area (Å²) in [5.41, 5.74) is 2.43. The fraction of sp³-hybridized carbons (Fsp3) is 0.517.